The van der Waals surface area contributed by atoms with Crippen molar-refractivity contribution in [3.63, 3.8) is 0 Å². The Morgan fingerprint density at radius 1 is 1.15 bits per heavy atom. The van der Waals surface area contributed by atoms with Gasteiger partial charge in [-0.3, -0.25) is 0 Å². The van der Waals surface area contributed by atoms with Gasteiger partial charge in [0.05, 0.1) is 0 Å². The standard InChI is InChI=1S/C15H29N3O2/c19-13-14-6-5-11-18(12-14)15(20)16-7-1-2-8-17-9-3-4-10-17/h14,19H,1-13H2,(H,16,20). The summed E-state index contributed by atoms with van der Waals surface area (Å²) in [5, 5.41) is 12.2. The van der Waals surface area contributed by atoms with Crippen molar-refractivity contribution in [3.05, 3.63) is 0 Å². The molecule has 2 saturated heterocycles. The van der Waals surface area contributed by atoms with Crippen LogP contribution in [0.2, 0.25) is 0 Å². The second-order valence-corrected chi connectivity index (χ2v) is 6.12. The van der Waals surface area contributed by atoms with Crippen LogP contribution in [0.15, 0.2) is 0 Å². The van der Waals surface area contributed by atoms with Gasteiger partial charge in [0.15, 0.2) is 0 Å². The first-order valence-electron chi connectivity index (χ1n) is 8.15. The first kappa shape index (κ1) is 15.6. The number of unbranched alkanes of at least 4 members (excludes halogenated alkanes) is 1. The van der Waals surface area contributed by atoms with Gasteiger partial charge < -0.3 is 20.2 Å². The average molecular weight is 283 g/mol. The number of urea groups is 1. The fourth-order valence-electron chi connectivity index (χ4n) is 3.17. The highest BCUT2D eigenvalue weighted by Gasteiger charge is 2.22. The number of hydrogen-bond acceptors (Lipinski definition) is 3. The molecule has 2 fully saturated rings. The molecule has 0 bridgehead atoms. The summed E-state index contributed by atoms with van der Waals surface area (Å²) in [5.41, 5.74) is 0. The zero-order chi connectivity index (χ0) is 14.2. The van der Waals surface area contributed by atoms with Gasteiger partial charge in [-0.2, -0.15) is 0 Å². The van der Waals surface area contributed by atoms with Crippen molar-refractivity contribution in [1.82, 2.24) is 15.1 Å². The molecule has 0 aromatic carbocycles. The number of likely N-dealkylation sites (tertiary alicyclic amines) is 2. The van der Waals surface area contributed by atoms with Crippen LogP contribution in [0.3, 0.4) is 0 Å². The van der Waals surface area contributed by atoms with Gasteiger partial charge in [0.1, 0.15) is 0 Å². The van der Waals surface area contributed by atoms with Gasteiger partial charge in [0.2, 0.25) is 0 Å². The molecule has 0 aromatic rings. The number of carbonyl (C=O) groups excluding carboxylic acids is 1. The zero-order valence-electron chi connectivity index (χ0n) is 12.5. The van der Waals surface area contributed by atoms with Gasteiger partial charge in [0.25, 0.3) is 0 Å². The molecule has 0 spiro atoms. The summed E-state index contributed by atoms with van der Waals surface area (Å²) < 4.78 is 0. The van der Waals surface area contributed by atoms with E-state index >= 15 is 0 Å². The monoisotopic (exact) mass is 283 g/mol. The van der Waals surface area contributed by atoms with Crippen LogP contribution in [0.4, 0.5) is 4.79 Å². The third-order valence-electron chi connectivity index (χ3n) is 4.44. The van der Waals surface area contributed by atoms with Crippen LogP contribution >= 0.6 is 0 Å². The predicted molar refractivity (Wildman–Crippen MR) is 79.7 cm³/mol. The molecule has 2 aliphatic rings. The molecule has 2 heterocycles. The van der Waals surface area contributed by atoms with Gasteiger partial charge in [-0.15, -0.1) is 0 Å². The van der Waals surface area contributed by atoms with Crippen LogP contribution in [0, 0.1) is 5.92 Å². The molecule has 0 saturated carbocycles. The molecule has 0 aliphatic carbocycles. The second-order valence-electron chi connectivity index (χ2n) is 6.12. The Hall–Kier alpha value is -0.810. The Balaban J connectivity index is 1.53. The van der Waals surface area contributed by atoms with E-state index in [2.05, 4.69) is 10.2 Å². The first-order chi connectivity index (χ1) is 9.79. The van der Waals surface area contributed by atoms with Crippen molar-refractivity contribution in [3.8, 4) is 0 Å². The Labute approximate surface area is 122 Å². The van der Waals surface area contributed by atoms with E-state index in [0.29, 0.717) is 6.54 Å². The topological polar surface area (TPSA) is 55.8 Å². The Morgan fingerprint density at radius 3 is 2.70 bits per heavy atom. The normalized spacial score (nSPS) is 24.1. The third-order valence-corrected chi connectivity index (χ3v) is 4.44. The number of nitrogens with one attached hydrogen (secondary N) is 1. The molecule has 2 rings (SSSR count). The Morgan fingerprint density at radius 2 is 1.95 bits per heavy atom. The number of carbonyl (C=O) groups is 1. The van der Waals surface area contributed by atoms with Crippen LogP contribution < -0.4 is 5.32 Å². The van der Waals surface area contributed by atoms with Crippen LogP contribution in [0.5, 0.6) is 0 Å². The molecular weight excluding hydrogens is 254 g/mol. The number of nitrogens with zero attached hydrogens (tertiary/aromatic N) is 2. The lowest BCUT2D eigenvalue weighted by Crippen LogP contribution is -2.46. The first-order valence-corrected chi connectivity index (χ1v) is 8.15. The summed E-state index contributed by atoms with van der Waals surface area (Å²) in [5.74, 6) is 0.268. The lowest BCUT2D eigenvalue weighted by Gasteiger charge is -2.31. The number of amides is 2. The van der Waals surface area contributed by atoms with Crippen molar-refractivity contribution in [1.29, 1.82) is 0 Å². The van der Waals surface area contributed by atoms with Crippen LogP contribution in [0.25, 0.3) is 0 Å². The molecule has 2 aliphatic heterocycles. The molecule has 0 radical (unpaired) electrons. The second kappa shape index (κ2) is 8.47. The van der Waals surface area contributed by atoms with E-state index in [4.69, 9.17) is 0 Å². The minimum atomic E-state index is 0.0457. The molecule has 5 nitrogen and oxygen atoms in total. The summed E-state index contributed by atoms with van der Waals surface area (Å²) in [6, 6.07) is 0.0457. The summed E-state index contributed by atoms with van der Waals surface area (Å²) >= 11 is 0. The SMILES string of the molecule is O=C(NCCCCN1CCCC1)N1CCCC(CO)C1. The third kappa shape index (κ3) is 4.94. The molecule has 1 unspecified atom stereocenters. The number of aliphatic hydroxyl groups excluding tert-OH is 1. The number of rotatable bonds is 6. The molecular formula is C15H29N3O2. The molecule has 20 heavy (non-hydrogen) atoms. The van der Waals surface area contributed by atoms with Gasteiger partial charge >= 0.3 is 6.03 Å². The highest BCUT2D eigenvalue weighted by atomic mass is 16.3. The van der Waals surface area contributed by atoms with E-state index in [1.54, 1.807) is 0 Å². The van der Waals surface area contributed by atoms with Crippen molar-refractivity contribution in [2.75, 3.05) is 45.9 Å². The van der Waals surface area contributed by atoms with Gasteiger partial charge in [0, 0.05) is 26.2 Å². The molecule has 2 amide bonds. The van der Waals surface area contributed by atoms with E-state index in [1.807, 2.05) is 4.90 Å². The smallest absolute Gasteiger partial charge is 0.317 e. The number of hydrogen-bond donors (Lipinski definition) is 2. The molecule has 116 valence electrons. The number of aliphatic hydroxyl groups is 1. The quantitative estimate of drug-likeness (QED) is 0.722. The van der Waals surface area contributed by atoms with E-state index in [1.165, 1.54) is 38.9 Å². The van der Waals surface area contributed by atoms with Crippen molar-refractivity contribution in [2.45, 2.75) is 38.5 Å². The van der Waals surface area contributed by atoms with E-state index in [0.717, 1.165) is 32.4 Å². The minimum absolute atomic E-state index is 0.0457. The van der Waals surface area contributed by atoms with Crippen LogP contribution in [-0.2, 0) is 0 Å². The minimum Gasteiger partial charge on any atom is -0.396 e. The largest absolute Gasteiger partial charge is 0.396 e. The highest BCUT2D eigenvalue weighted by molar-refractivity contribution is 5.74. The van der Waals surface area contributed by atoms with Crippen molar-refractivity contribution < 1.29 is 9.90 Å². The number of piperidine rings is 1. The fourth-order valence-corrected chi connectivity index (χ4v) is 3.17. The molecule has 5 heteroatoms. The van der Waals surface area contributed by atoms with E-state index in [9.17, 15) is 9.90 Å². The van der Waals surface area contributed by atoms with Gasteiger partial charge in [-0.25, -0.2) is 4.79 Å². The Bertz CT molecular complexity index is 293. The maximum absolute atomic E-state index is 12.0. The highest BCUT2D eigenvalue weighted by Crippen LogP contribution is 2.15. The van der Waals surface area contributed by atoms with Gasteiger partial charge in [-0.1, -0.05) is 0 Å². The predicted octanol–water partition coefficient (Wildman–Crippen LogP) is 1.28. The van der Waals surface area contributed by atoms with Crippen molar-refractivity contribution >= 4 is 6.03 Å². The maximum atomic E-state index is 12.0. The maximum Gasteiger partial charge on any atom is 0.317 e. The summed E-state index contributed by atoms with van der Waals surface area (Å²) in [6.07, 6.45) is 6.96. The lowest BCUT2D eigenvalue weighted by atomic mass is 9.99. The summed E-state index contributed by atoms with van der Waals surface area (Å²) in [6.45, 7) is 6.18. The summed E-state index contributed by atoms with van der Waals surface area (Å²) in [4.78, 5) is 16.4. The van der Waals surface area contributed by atoms with E-state index < -0.39 is 0 Å². The van der Waals surface area contributed by atoms with Crippen LogP contribution in [0.1, 0.15) is 38.5 Å². The lowest BCUT2D eigenvalue weighted by molar-refractivity contribution is 0.129. The molecule has 1 atom stereocenters. The fraction of sp³-hybridized carbons (Fsp3) is 0.933. The van der Waals surface area contributed by atoms with Crippen LogP contribution in [-0.4, -0.2) is 66.8 Å². The molecule has 0 aromatic heterocycles. The van der Waals surface area contributed by atoms with Gasteiger partial charge in [-0.05, 0) is 64.1 Å². The Kier molecular flexibility index (Phi) is 6.60. The van der Waals surface area contributed by atoms with Crippen molar-refractivity contribution in [2.24, 2.45) is 5.92 Å². The summed E-state index contributed by atoms with van der Waals surface area (Å²) in [7, 11) is 0. The zero-order valence-corrected chi connectivity index (χ0v) is 12.5. The molecule has 2 N–H and O–H groups in total. The van der Waals surface area contributed by atoms with E-state index in [-0.39, 0.29) is 18.6 Å². The average Bonchev–Trinajstić information content (AvgIpc) is 3.00.